The maximum Gasteiger partial charge on any atom is 0.0692 e. The molecular formula is C14H20N4. The molecule has 1 aromatic carbocycles. The fourth-order valence-electron chi connectivity index (χ4n) is 1.94. The van der Waals surface area contributed by atoms with Gasteiger partial charge in [0, 0.05) is 19.3 Å². The maximum absolute atomic E-state index is 3.94. The first kappa shape index (κ1) is 12.8. The molecule has 0 aliphatic heterocycles. The van der Waals surface area contributed by atoms with Crippen LogP contribution < -0.4 is 5.32 Å². The van der Waals surface area contributed by atoms with Crippen LogP contribution >= 0.6 is 0 Å². The highest BCUT2D eigenvalue weighted by Gasteiger charge is 2.03. The van der Waals surface area contributed by atoms with E-state index in [1.807, 2.05) is 10.9 Å². The molecule has 2 rings (SSSR count). The molecule has 1 heterocycles. The Morgan fingerprint density at radius 3 is 2.83 bits per heavy atom. The lowest BCUT2D eigenvalue weighted by Gasteiger charge is -2.12. The van der Waals surface area contributed by atoms with E-state index in [0.29, 0.717) is 5.92 Å². The van der Waals surface area contributed by atoms with Crippen molar-refractivity contribution in [2.45, 2.75) is 25.8 Å². The molecule has 0 unspecified atom stereocenters. The predicted molar refractivity (Wildman–Crippen MR) is 72.4 cm³/mol. The number of aromatic nitrogens is 3. The molecule has 0 aliphatic rings. The Kier molecular flexibility index (Phi) is 4.90. The number of hydrogen-bond acceptors (Lipinski definition) is 3. The van der Waals surface area contributed by atoms with Gasteiger partial charge in [0.25, 0.3) is 0 Å². The van der Waals surface area contributed by atoms with Crippen molar-refractivity contribution in [2.24, 2.45) is 0 Å². The summed E-state index contributed by atoms with van der Waals surface area (Å²) in [6, 6.07) is 10.6. The highest BCUT2D eigenvalue weighted by atomic mass is 15.4. The average Bonchev–Trinajstić information content (AvgIpc) is 2.92. The Balaban J connectivity index is 1.61. The first-order chi connectivity index (χ1) is 8.86. The van der Waals surface area contributed by atoms with Crippen molar-refractivity contribution in [3.05, 3.63) is 48.3 Å². The minimum absolute atomic E-state index is 0.553. The average molecular weight is 244 g/mol. The summed E-state index contributed by atoms with van der Waals surface area (Å²) >= 11 is 0. The van der Waals surface area contributed by atoms with Crippen molar-refractivity contribution < 1.29 is 0 Å². The third kappa shape index (κ3) is 3.96. The molecule has 0 saturated carbocycles. The van der Waals surface area contributed by atoms with E-state index in [4.69, 9.17) is 0 Å². The molecule has 1 atom stereocenters. The molecule has 0 radical (unpaired) electrons. The Hall–Kier alpha value is -1.68. The molecule has 2 aromatic rings. The van der Waals surface area contributed by atoms with Crippen molar-refractivity contribution in [2.75, 3.05) is 13.1 Å². The van der Waals surface area contributed by atoms with E-state index < -0.39 is 0 Å². The van der Waals surface area contributed by atoms with Gasteiger partial charge in [-0.05, 0) is 24.4 Å². The molecule has 0 fully saturated rings. The van der Waals surface area contributed by atoms with Crippen LogP contribution in [0.1, 0.15) is 24.8 Å². The predicted octanol–water partition coefficient (Wildman–Crippen LogP) is 2.06. The second kappa shape index (κ2) is 6.91. The summed E-state index contributed by atoms with van der Waals surface area (Å²) in [5.41, 5.74) is 1.39. The van der Waals surface area contributed by atoms with Crippen LogP contribution in [0.5, 0.6) is 0 Å². The van der Waals surface area contributed by atoms with Crippen LogP contribution in [0.2, 0.25) is 0 Å². The van der Waals surface area contributed by atoms with Gasteiger partial charge in [-0.2, -0.15) is 0 Å². The molecule has 0 spiro atoms. The number of hydrogen-bond donors (Lipinski definition) is 1. The normalized spacial score (nSPS) is 12.5. The minimum Gasteiger partial charge on any atom is -0.316 e. The van der Waals surface area contributed by atoms with Crippen LogP contribution in [0.4, 0.5) is 0 Å². The summed E-state index contributed by atoms with van der Waals surface area (Å²) < 4.78 is 1.86. The number of aryl methyl sites for hydroxylation is 1. The van der Waals surface area contributed by atoms with Gasteiger partial charge in [0.2, 0.25) is 0 Å². The second-order valence-corrected chi connectivity index (χ2v) is 4.54. The van der Waals surface area contributed by atoms with E-state index in [2.05, 4.69) is 52.9 Å². The van der Waals surface area contributed by atoms with E-state index in [9.17, 15) is 0 Å². The van der Waals surface area contributed by atoms with Gasteiger partial charge in [-0.25, -0.2) is 0 Å². The molecule has 0 amide bonds. The maximum atomic E-state index is 3.94. The monoisotopic (exact) mass is 244 g/mol. The van der Waals surface area contributed by atoms with Crippen LogP contribution in [-0.2, 0) is 6.54 Å². The summed E-state index contributed by atoms with van der Waals surface area (Å²) in [4.78, 5) is 0. The quantitative estimate of drug-likeness (QED) is 0.758. The van der Waals surface area contributed by atoms with E-state index >= 15 is 0 Å². The molecule has 18 heavy (non-hydrogen) atoms. The Labute approximate surface area is 108 Å². The van der Waals surface area contributed by atoms with E-state index in [1.165, 1.54) is 5.56 Å². The SMILES string of the molecule is C[C@H](CNCCCn1ccnn1)c1ccccc1. The first-order valence-electron chi connectivity index (χ1n) is 6.46. The Morgan fingerprint density at radius 2 is 2.11 bits per heavy atom. The number of benzene rings is 1. The van der Waals surface area contributed by atoms with Crippen LogP contribution in [-0.4, -0.2) is 28.1 Å². The van der Waals surface area contributed by atoms with Crippen LogP contribution in [0.25, 0.3) is 0 Å². The molecule has 96 valence electrons. The molecule has 0 saturated heterocycles. The summed E-state index contributed by atoms with van der Waals surface area (Å²) in [6.07, 6.45) is 4.68. The summed E-state index contributed by atoms with van der Waals surface area (Å²) in [5.74, 6) is 0.553. The Bertz CT molecular complexity index is 424. The highest BCUT2D eigenvalue weighted by Crippen LogP contribution is 2.12. The van der Waals surface area contributed by atoms with Gasteiger partial charge in [-0.15, -0.1) is 5.10 Å². The minimum atomic E-state index is 0.553. The van der Waals surface area contributed by atoms with E-state index in [0.717, 1.165) is 26.1 Å². The third-order valence-corrected chi connectivity index (χ3v) is 3.03. The lowest BCUT2D eigenvalue weighted by Crippen LogP contribution is -2.22. The fourth-order valence-corrected chi connectivity index (χ4v) is 1.94. The molecule has 0 aliphatic carbocycles. The van der Waals surface area contributed by atoms with Gasteiger partial charge in [-0.1, -0.05) is 42.5 Å². The van der Waals surface area contributed by atoms with Gasteiger partial charge in [0.15, 0.2) is 0 Å². The lowest BCUT2D eigenvalue weighted by atomic mass is 10.0. The standard InChI is InChI=1S/C14H20N4/c1-13(14-6-3-2-4-7-14)12-15-8-5-10-18-11-9-16-17-18/h2-4,6-7,9,11,13,15H,5,8,10,12H2,1H3/t13-/m1/s1. The van der Waals surface area contributed by atoms with Crippen LogP contribution in [0, 0.1) is 0 Å². The van der Waals surface area contributed by atoms with Gasteiger partial charge in [0.05, 0.1) is 6.20 Å². The number of nitrogens with zero attached hydrogens (tertiary/aromatic N) is 3. The molecule has 1 aromatic heterocycles. The zero-order valence-electron chi connectivity index (χ0n) is 10.8. The molecule has 0 bridgehead atoms. The molecular weight excluding hydrogens is 224 g/mol. The smallest absolute Gasteiger partial charge is 0.0692 e. The fraction of sp³-hybridized carbons (Fsp3) is 0.429. The summed E-state index contributed by atoms with van der Waals surface area (Å²) in [6.45, 7) is 5.20. The van der Waals surface area contributed by atoms with Crippen molar-refractivity contribution >= 4 is 0 Å². The molecule has 4 nitrogen and oxygen atoms in total. The summed E-state index contributed by atoms with van der Waals surface area (Å²) in [7, 11) is 0. The van der Waals surface area contributed by atoms with Gasteiger partial charge in [0.1, 0.15) is 0 Å². The van der Waals surface area contributed by atoms with Gasteiger partial charge >= 0.3 is 0 Å². The molecule has 4 heteroatoms. The number of rotatable bonds is 7. The van der Waals surface area contributed by atoms with Gasteiger partial charge < -0.3 is 5.32 Å². The van der Waals surface area contributed by atoms with Crippen LogP contribution in [0.15, 0.2) is 42.7 Å². The van der Waals surface area contributed by atoms with Crippen molar-refractivity contribution in [3.8, 4) is 0 Å². The largest absolute Gasteiger partial charge is 0.316 e. The lowest BCUT2D eigenvalue weighted by molar-refractivity contribution is 0.519. The highest BCUT2D eigenvalue weighted by molar-refractivity contribution is 5.18. The topological polar surface area (TPSA) is 42.7 Å². The first-order valence-corrected chi connectivity index (χ1v) is 6.46. The third-order valence-electron chi connectivity index (χ3n) is 3.03. The van der Waals surface area contributed by atoms with Gasteiger partial charge in [-0.3, -0.25) is 4.68 Å². The number of nitrogens with one attached hydrogen (secondary N) is 1. The summed E-state index contributed by atoms with van der Waals surface area (Å²) in [5, 5.41) is 11.2. The zero-order valence-corrected chi connectivity index (χ0v) is 10.8. The second-order valence-electron chi connectivity index (χ2n) is 4.54. The van der Waals surface area contributed by atoms with Crippen molar-refractivity contribution in [3.63, 3.8) is 0 Å². The Morgan fingerprint density at radius 1 is 1.28 bits per heavy atom. The van der Waals surface area contributed by atoms with E-state index in [-0.39, 0.29) is 0 Å². The van der Waals surface area contributed by atoms with E-state index in [1.54, 1.807) is 6.20 Å². The van der Waals surface area contributed by atoms with Crippen LogP contribution in [0.3, 0.4) is 0 Å². The van der Waals surface area contributed by atoms with Crippen molar-refractivity contribution in [1.29, 1.82) is 0 Å². The zero-order chi connectivity index (χ0) is 12.6. The molecule has 1 N–H and O–H groups in total. The van der Waals surface area contributed by atoms with Crippen molar-refractivity contribution in [1.82, 2.24) is 20.3 Å².